The molecular formula is C26H28F4N2O2S. The van der Waals surface area contributed by atoms with E-state index in [1.165, 1.54) is 12.1 Å². The van der Waals surface area contributed by atoms with Crippen LogP contribution in [0, 0.1) is 11.2 Å². The van der Waals surface area contributed by atoms with Gasteiger partial charge in [0.2, 0.25) is 10.0 Å². The zero-order valence-corrected chi connectivity index (χ0v) is 20.2. The fourth-order valence-corrected chi connectivity index (χ4v) is 8.26. The van der Waals surface area contributed by atoms with Gasteiger partial charge in [-0.25, -0.2) is 17.5 Å². The first kappa shape index (κ1) is 23.4. The second-order valence-electron chi connectivity index (χ2n) is 10.7. The van der Waals surface area contributed by atoms with E-state index in [1.54, 1.807) is 12.1 Å². The van der Waals surface area contributed by atoms with Crippen molar-refractivity contribution in [3.05, 3.63) is 70.0 Å². The summed E-state index contributed by atoms with van der Waals surface area (Å²) in [6, 6.07) is 9.69. The number of halogens is 4. The second kappa shape index (κ2) is 7.76. The van der Waals surface area contributed by atoms with Crippen LogP contribution in [0.4, 0.5) is 17.6 Å². The first-order valence-corrected chi connectivity index (χ1v) is 13.7. The molecule has 2 aromatic carbocycles. The maximum Gasteiger partial charge on any atom is 0.416 e. The molecule has 2 aromatic rings. The number of likely N-dealkylation sites (tertiary alicyclic amines) is 1. The van der Waals surface area contributed by atoms with Crippen molar-refractivity contribution in [1.29, 1.82) is 0 Å². The van der Waals surface area contributed by atoms with E-state index in [9.17, 15) is 26.0 Å². The average molecular weight is 509 g/mol. The van der Waals surface area contributed by atoms with Crippen molar-refractivity contribution in [3.8, 4) is 0 Å². The Morgan fingerprint density at radius 3 is 2.51 bits per heavy atom. The molecule has 0 aromatic heterocycles. The Labute approximate surface area is 202 Å². The maximum absolute atomic E-state index is 15.0. The van der Waals surface area contributed by atoms with E-state index in [1.807, 2.05) is 13.1 Å². The molecule has 1 spiro atoms. The van der Waals surface area contributed by atoms with E-state index < -0.39 is 21.8 Å². The Bertz CT molecular complexity index is 1280. The first-order valence-electron chi connectivity index (χ1n) is 12.2. The van der Waals surface area contributed by atoms with Crippen LogP contribution in [0.1, 0.15) is 53.0 Å². The molecule has 9 heteroatoms. The highest BCUT2D eigenvalue weighted by Gasteiger charge is 2.84. The lowest BCUT2D eigenvalue weighted by atomic mass is 9.80. The Morgan fingerprint density at radius 1 is 1.14 bits per heavy atom. The Hall–Kier alpha value is -1.97. The van der Waals surface area contributed by atoms with Crippen molar-refractivity contribution in [2.45, 2.75) is 68.0 Å². The molecule has 3 unspecified atom stereocenters. The monoisotopic (exact) mass is 508 g/mol. The Balaban J connectivity index is 1.25. The van der Waals surface area contributed by atoms with E-state index >= 15 is 0 Å². The SMILES string of the molecule is CN1C2C1C21Cc2cc(F)c(CCNS(=O)(=O)C3CCC3)cc2C1Cc1cccc(C(F)(F)F)c1. The molecule has 4 aliphatic rings. The third-order valence-corrected chi connectivity index (χ3v) is 10.7. The number of fused-ring (bicyclic) bond motifs is 4. The van der Waals surface area contributed by atoms with Crippen LogP contribution in [0.5, 0.6) is 0 Å². The minimum absolute atomic E-state index is 0.0122. The van der Waals surface area contributed by atoms with Gasteiger partial charge in [-0.15, -0.1) is 0 Å². The average Bonchev–Trinajstić information content (AvgIpc) is 3.58. The summed E-state index contributed by atoms with van der Waals surface area (Å²) >= 11 is 0. The van der Waals surface area contributed by atoms with Crippen LogP contribution in [-0.4, -0.2) is 44.2 Å². The maximum atomic E-state index is 15.0. The fraction of sp³-hybridized carbons (Fsp3) is 0.538. The van der Waals surface area contributed by atoms with E-state index in [0.717, 1.165) is 30.0 Å². The topological polar surface area (TPSA) is 49.2 Å². The Kier molecular flexibility index (Phi) is 5.20. The number of likely N-dealkylation sites (N-methyl/N-ethyl adjacent to an activating group) is 1. The highest BCUT2D eigenvalue weighted by Crippen LogP contribution is 2.76. The summed E-state index contributed by atoms with van der Waals surface area (Å²) in [6.45, 7) is 0.131. The predicted molar refractivity (Wildman–Crippen MR) is 124 cm³/mol. The van der Waals surface area contributed by atoms with Gasteiger partial charge in [-0.1, -0.05) is 30.7 Å². The minimum Gasteiger partial charge on any atom is -0.296 e. The minimum atomic E-state index is -4.40. The summed E-state index contributed by atoms with van der Waals surface area (Å²) in [5, 5.41) is -0.345. The van der Waals surface area contributed by atoms with Gasteiger partial charge in [0.05, 0.1) is 10.8 Å². The van der Waals surface area contributed by atoms with E-state index in [4.69, 9.17) is 0 Å². The summed E-state index contributed by atoms with van der Waals surface area (Å²) in [5.41, 5.74) is 2.32. The quantitative estimate of drug-likeness (QED) is 0.445. The molecule has 4 nitrogen and oxygen atoms in total. The molecule has 3 fully saturated rings. The summed E-state index contributed by atoms with van der Waals surface area (Å²) in [6.07, 6.45) is -0.712. The molecule has 1 heterocycles. The third kappa shape index (κ3) is 3.73. The molecule has 0 amide bonds. The Morgan fingerprint density at radius 2 is 1.89 bits per heavy atom. The molecule has 1 N–H and O–H groups in total. The van der Waals surface area contributed by atoms with E-state index in [2.05, 4.69) is 9.62 Å². The van der Waals surface area contributed by atoms with Crippen molar-refractivity contribution in [2.75, 3.05) is 13.6 Å². The molecule has 0 radical (unpaired) electrons. The first-order chi connectivity index (χ1) is 16.5. The van der Waals surface area contributed by atoms with Gasteiger partial charge >= 0.3 is 6.18 Å². The van der Waals surface area contributed by atoms with E-state index in [-0.39, 0.29) is 35.4 Å². The van der Waals surface area contributed by atoms with Crippen molar-refractivity contribution >= 4 is 10.0 Å². The molecule has 1 saturated heterocycles. The van der Waals surface area contributed by atoms with E-state index in [0.29, 0.717) is 42.5 Å². The number of sulfonamides is 1. The van der Waals surface area contributed by atoms with Crippen LogP contribution in [-0.2, 0) is 35.5 Å². The molecule has 3 atom stereocenters. The van der Waals surface area contributed by atoms with Gasteiger partial charge in [0.25, 0.3) is 0 Å². The van der Waals surface area contributed by atoms with Crippen LogP contribution in [0.25, 0.3) is 0 Å². The molecule has 2 saturated carbocycles. The number of hydrogen-bond donors (Lipinski definition) is 1. The van der Waals surface area contributed by atoms with Crippen molar-refractivity contribution in [2.24, 2.45) is 5.41 Å². The van der Waals surface area contributed by atoms with Crippen LogP contribution < -0.4 is 4.72 Å². The lowest BCUT2D eigenvalue weighted by molar-refractivity contribution is -0.137. The zero-order chi connectivity index (χ0) is 24.8. The normalized spacial score (nSPS) is 31.2. The van der Waals surface area contributed by atoms with Gasteiger partial charge in [0.15, 0.2) is 0 Å². The number of rotatable bonds is 7. The lowest BCUT2D eigenvalue weighted by Gasteiger charge is -2.29. The van der Waals surface area contributed by atoms with Crippen molar-refractivity contribution < 1.29 is 26.0 Å². The van der Waals surface area contributed by atoms with Gasteiger partial charge < -0.3 is 0 Å². The molecule has 3 aliphatic carbocycles. The van der Waals surface area contributed by atoms with Crippen LogP contribution in [0.2, 0.25) is 0 Å². The zero-order valence-electron chi connectivity index (χ0n) is 19.4. The number of benzene rings is 2. The van der Waals surface area contributed by atoms with Gasteiger partial charge in [-0.3, -0.25) is 4.90 Å². The van der Waals surface area contributed by atoms with Crippen LogP contribution in [0.15, 0.2) is 36.4 Å². The molecular weight excluding hydrogens is 480 g/mol. The fourth-order valence-electron chi connectivity index (χ4n) is 6.68. The highest BCUT2D eigenvalue weighted by atomic mass is 32.2. The molecule has 1 aliphatic heterocycles. The molecule has 35 heavy (non-hydrogen) atoms. The summed E-state index contributed by atoms with van der Waals surface area (Å²) in [5.74, 6) is -0.331. The second-order valence-corrected chi connectivity index (χ2v) is 12.7. The molecule has 6 rings (SSSR count). The number of nitrogens with one attached hydrogen (secondary N) is 1. The van der Waals surface area contributed by atoms with Crippen molar-refractivity contribution in [3.63, 3.8) is 0 Å². The van der Waals surface area contributed by atoms with Gasteiger partial charge in [0, 0.05) is 24.0 Å². The number of alkyl halides is 3. The molecule has 0 bridgehead atoms. The standard InChI is InChI=1S/C26H28F4N2O2S/c1-32-23-24(32)25(23)14-17-13-22(27)16(8-9-31-35(33,34)19-6-3-7-19)12-20(17)21(25)11-15-4-2-5-18(10-15)26(28,29)30/h2,4-5,10,12-13,19,21,23-24,31H,3,6-9,11,14H2,1H3. The highest BCUT2D eigenvalue weighted by molar-refractivity contribution is 7.90. The summed E-state index contributed by atoms with van der Waals surface area (Å²) in [7, 11) is -1.32. The number of hydrogen-bond acceptors (Lipinski definition) is 3. The van der Waals surface area contributed by atoms with Gasteiger partial charge in [-0.05, 0) is 79.5 Å². The van der Waals surface area contributed by atoms with Gasteiger partial charge in [-0.2, -0.15) is 13.2 Å². The molecule has 188 valence electrons. The smallest absolute Gasteiger partial charge is 0.296 e. The van der Waals surface area contributed by atoms with Crippen LogP contribution >= 0.6 is 0 Å². The number of nitrogens with zero attached hydrogens (tertiary/aromatic N) is 1. The summed E-state index contributed by atoms with van der Waals surface area (Å²) in [4.78, 5) is 2.26. The van der Waals surface area contributed by atoms with Crippen molar-refractivity contribution in [1.82, 2.24) is 9.62 Å². The predicted octanol–water partition coefficient (Wildman–Crippen LogP) is 4.42. The van der Waals surface area contributed by atoms with Gasteiger partial charge in [0.1, 0.15) is 5.82 Å². The third-order valence-electron chi connectivity index (χ3n) is 8.79. The summed E-state index contributed by atoms with van der Waals surface area (Å²) < 4.78 is 82.1. The lowest BCUT2D eigenvalue weighted by Crippen LogP contribution is -2.39. The van der Waals surface area contributed by atoms with Crippen LogP contribution in [0.3, 0.4) is 0 Å². The largest absolute Gasteiger partial charge is 0.416 e.